The van der Waals surface area contributed by atoms with Crippen LogP contribution >= 0.6 is 0 Å². The molecule has 100 valence electrons. The lowest BCUT2D eigenvalue weighted by Gasteiger charge is -2.41. The van der Waals surface area contributed by atoms with Crippen LogP contribution in [-0.4, -0.2) is 32.0 Å². The van der Waals surface area contributed by atoms with Gasteiger partial charge in [0, 0.05) is 18.6 Å². The third-order valence-corrected chi connectivity index (χ3v) is 4.16. The molecule has 18 heavy (non-hydrogen) atoms. The molecule has 2 atom stereocenters. The van der Waals surface area contributed by atoms with Crippen molar-refractivity contribution in [2.75, 3.05) is 26.9 Å². The van der Waals surface area contributed by atoms with E-state index in [0.717, 1.165) is 17.7 Å². The van der Waals surface area contributed by atoms with Crippen LogP contribution in [0.4, 0.5) is 0 Å². The maximum Gasteiger partial charge on any atom is 0.119 e. The summed E-state index contributed by atoms with van der Waals surface area (Å²) in [5, 5.41) is 10.9. The molecule has 0 aliphatic carbocycles. The van der Waals surface area contributed by atoms with Gasteiger partial charge in [-0.25, -0.2) is 0 Å². The summed E-state index contributed by atoms with van der Waals surface area (Å²) in [7, 11) is 1.62. The van der Waals surface area contributed by atoms with Crippen molar-refractivity contribution in [2.45, 2.75) is 18.9 Å². The van der Waals surface area contributed by atoms with Crippen LogP contribution in [0.5, 0.6) is 5.75 Å². The van der Waals surface area contributed by atoms with Gasteiger partial charge in [0.05, 0.1) is 19.3 Å². The Kier molecular flexibility index (Phi) is 3.61. The van der Waals surface area contributed by atoms with Crippen LogP contribution in [0, 0.1) is 5.41 Å². The minimum atomic E-state index is -1.02. The van der Waals surface area contributed by atoms with E-state index in [1.54, 1.807) is 7.11 Å². The van der Waals surface area contributed by atoms with Crippen molar-refractivity contribution in [3.05, 3.63) is 29.8 Å². The summed E-state index contributed by atoms with van der Waals surface area (Å²) in [4.78, 5) is 0. The normalized spacial score (nSPS) is 26.9. The van der Waals surface area contributed by atoms with Gasteiger partial charge in [-0.05, 0) is 31.0 Å². The SMILES string of the molecule is COc1cccc(C(C)(O)C2(CN)CCOC2)c1. The molecule has 1 fully saturated rings. The van der Waals surface area contributed by atoms with E-state index < -0.39 is 11.0 Å². The van der Waals surface area contributed by atoms with E-state index in [1.807, 2.05) is 31.2 Å². The van der Waals surface area contributed by atoms with Crippen LogP contribution in [0.1, 0.15) is 18.9 Å². The Labute approximate surface area is 108 Å². The maximum atomic E-state index is 10.9. The first-order valence-corrected chi connectivity index (χ1v) is 6.20. The summed E-state index contributed by atoms with van der Waals surface area (Å²) in [6, 6.07) is 7.50. The molecule has 3 N–H and O–H groups in total. The number of aliphatic hydroxyl groups is 1. The number of hydrogen-bond donors (Lipinski definition) is 2. The zero-order valence-electron chi connectivity index (χ0n) is 11.0. The minimum absolute atomic E-state index is 0.400. The van der Waals surface area contributed by atoms with Crippen molar-refractivity contribution in [1.82, 2.24) is 0 Å². The molecular formula is C14H21NO3. The van der Waals surface area contributed by atoms with Gasteiger partial charge in [0.2, 0.25) is 0 Å². The highest BCUT2D eigenvalue weighted by Crippen LogP contribution is 2.45. The summed E-state index contributed by atoms with van der Waals surface area (Å²) in [6.45, 7) is 3.35. The lowest BCUT2D eigenvalue weighted by Crippen LogP contribution is -2.49. The van der Waals surface area contributed by atoms with E-state index in [0.29, 0.717) is 19.8 Å². The maximum absolute atomic E-state index is 10.9. The molecule has 1 saturated heterocycles. The van der Waals surface area contributed by atoms with Crippen LogP contribution in [0.3, 0.4) is 0 Å². The average molecular weight is 251 g/mol. The fourth-order valence-electron chi connectivity index (χ4n) is 2.58. The molecule has 0 bridgehead atoms. The van der Waals surface area contributed by atoms with Crippen LogP contribution in [0.25, 0.3) is 0 Å². The van der Waals surface area contributed by atoms with Crippen LogP contribution < -0.4 is 10.5 Å². The highest BCUT2D eigenvalue weighted by atomic mass is 16.5. The summed E-state index contributed by atoms with van der Waals surface area (Å²) < 4.78 is 10.7. The monoisotopic (exact) mass is 251 g/mol. The quantitative estimate of drug-likeness (QED) is 0.845. The lowest BCUT2D eigenvalue weighted by atomic mass is 9.68. The second-order valence-electron chi connectivity index (χ2n) is 5.09. The molecule has 4 heteroatoms. The van der Waals surface area contributed by atoms with Crippen molar-refractivity contribution in [3.8, 4) is 5.75 Å². The highest BCUT2D eigenvalue weighted by molar-refractivity contribution is 5.33. The predicted molar refractivity (Wildman–Crippen MR) is 69.5 cm³/mol. The molecule has 1 aliphatic heterocycles. The molecule has 4 nitrogen and oxygen atoms in total. The van der Waals surface area contributed by atoms with Gasteiger partial charge >= 0.3 is 0 Å². The lowest BCUT2D eigenvalue weighted by molar-refractivity contribution is -0.0748. The Balaban J connectivity index is 2.39. The summed E-state index contributed by atoms with van der Waals surface area (Å²) in [6.07, 6.45) is 0.772. The zero-order valence-corrected chi connectivity index (χ0v) is 11.0. The number of methoxy groups -OCH3 is 1. The standard InChI is InChI=1S/C14H21NO3/c1-13(16,14(9-15)6-7-18-10-14)11-4-3-5-12(8-11)17-2/h3-5,8,16H,6-7,9-10,15H2,1-2H3. The topological polar surface area (TPSA) is 64.7 Å². The molecule has 2 rings (SSSR count). The predicted octanol–water partition coefficient (Wildman–Crippen LogP) is 1.27. The number of nitrogens with two attached hydrogens (primary N) is 1. The van der Waals surface area contributed by atoms with E-state index in [1.165, 1.54) is 0 Å². The van der Waals surface area contributed by atoms with Crippen molar-refractivity contribution in [1.29, 1.82) is 0 Å². The van der Waals surface area contributed by atoms with Crippen LogP contribution in [0.2, 0.25) is 0 Å². The Morgan fingerprint density at radius 3 is 2.89 bits per heavy atom. The number of benzene rings is 1. The number of hydrogen-bond acceptors (Lipinski definition) is 4. The first-order valence-electron chi connectivity index (χ1n) is 6.20. The molecule has 2 unspecified atom stereocenters. The molecule has 1 aromatic carbocycles. The molecule has 1 aromatic rings. The van der Waals surface area contributed by atoms with Crippen molar-refractivity contribution in [3.63, 3.8) is 0 Å². The van der Waals surface area contributed by atoms with Crippen LogP contribution in [-0.2, 0) is 10.3 Å². The molecule has 0 radical (unpaired) electrons. The molecular weight excluding hydrogens is 230 g/mol. The van der Waals surface area contributed by atoms with E-state index in [2.05, 4.69) is 0 Å². The van der Waals surface area contributed by atoms with Crippen LogP contribution in [0.15, 0.2) is 24.3 Å². The number of ether oxygens (including phenoxy) is 2. The molecule has 1 aliphatic rings. The van der Waals surface area contributed by atoms with E-state index >= 15 is 0 Å². The van der Waals surface area contributed by atoms with Crippen molar-refractivity contribution >= 4 is 0 Å². The van der Waals surface area contributed by atoms with Gasteiger partial charge in [-0.15, -0.1) is 0 Å². The Morgan fingerprint density at radius 2 is 2.33 bits per heavy atom. The fraction of sp³-hybridized carbons (Fsp3) is 0.571. The Morgan fingerprint density at radius 1 is 1.56 bits per heavy atom. The Bertz CT molecular complexity index is 411. The van der Waals surface area contributed by atoms with Gasteiger partial charge in [0.1, 0.15) is 5.75 Å². The van der Waals surface area contributed by atoms with Gasteiger partial charge in [-0.1, -0.05) is 12.1 Å². The second-order valence-corrected chi connectivity index (χ2v) is 5.09. The Hall–Kier alpha value is -1.10. The van der Waals surface area contributed by atoms with E-state index in [-0.39, 0.29) is 0 Å². The summed E-state index contributed by atoms with van der Waals surface area (Å²) in [5.41, 5.74) is 5.27. The minimum Gasteiger partial charge on any atom is -0.497 e. The van der Waals surface area contributed by atoms with Gasteiger partial charge in [-0.3, -0.25) is 0 Å². The highest BCUT2D eigenvalue weighted by Gasteiger charge is 2.49. The molecule has 1 heterocycles. The van der Waals surface area contributed by atoms with Crippen molar-refractivity contribution in [2.24, 2.45) is 11.1 Å². The molecule has 0 spiro atoms. The summed E-state index contributed by atoms with van der Waals surface area (Å²) in [5.74, 6) is 0.735. The summed E-state index contributed by atoms with van der Waals surface area (Å²) >= 11 is 0. The first kappa shape index (κ1) is 13.3. The zero-order chi connectivity index (χ0) is 13.2. The fourth-order valence-corrected chi connectivity index (χ4v) is 2.58. The van der Waals surface area contributed by atoms with E-state index in [4.69, 9.17) is 15.2 Å². The van der Waals surface area contributed by atoms with Gasteiger partial charge in [0.25, 0.3) is 0 Å². The second kappa shape index (κ2) is 4.88. The van der Waals surface area contributed by atoms with Gasteiger partial charge in [0.15, 0.2) is 0 Å². The average Bonchev–Trinajstić information content (AvgIpc) is 2.89. The third kappa shape index (κ3) is 2.00. The molecule has 0 saturated carbocycles. The third-order valence-electron chi connectivity index (χ3n) is 4.16. The largest absolute Gasteiger partial charge is 0.497 e. The first-order chi connectivity index (χ1) is 8.55. The van der Waals surface area contributed by atoms with Gasteiger partial charge in [-0.2, -0.15) is 0 Å². The van der Waals surface area contributed by atoms with Gasteiger partial charge < -0.3 is 20.3 Å². The van der Waals surface area contributed by atoms with Crippen molar-refractivity contribution < 1.29 is 14.6 Å². The smallest absolute Gasteiger partial charge is 0.119 e. The number of rotatable bonds is 4. The molecule has 0 aromatic heterocycles. The van der Waals surface area contributed by atoms with E-state index in [9.17, 15) is 5.11 Å². The molecule has 0 amide bonds.